The van der Waals surface area contributed by atoms with Crippen LogP contribution in [0.4, 0.5) is 0 Å². The Morgan fingerprint density at radius 2 is 1.90 bits per heavy atom. The van der Waals surface area contributed by atoms with Gasteiger partial charge >= 0.3 is 0 Å². The Morgan fingerprint density at radius 1 is 1.19 bits per heavy atom. The Bertz CT molecular complexity index is 536. The van der Waals surface area contributed by atoms with Crippen molar-refractivity contribution in [1.29, 1.82) is 0 Å². The van der Waals surface area contributed by atoms with Gasteiger partial charge in [0.25, 0.3) is 5.91 Å². The number of nitrogens with zero attached hydrogens (tertiary/aromatic N) is 1. The summed E-state index contributed by atoms with van der Waals surface area (Å²) in [5.74, 6) is 1.39. The number of carbonyl (C=O) groups excluding carboxylic acids is 1. The first-order chi connectivity index (χ1) is 10.1. The van der Waals surface area contributed by atoms with Crippen LogP contribution in [0.2, 0.25) is 0 Å². The summed E-state index contributed by atoms with van der Waals surface area (Å²) in [7, 11) is 0. The van der Waals surface area contributed by atoms with Crippen LogP contribution >= 0.6 is 15.9 Å². The molecule has 2 aliphatic rings. The Morgan fingerprint density at radius 3 is 2.52 bits per heavy atom. The predicted molar refractivity (Wildman–Crippen MR) is 80.2 cm³/mol. The van der Waals surface area contributed by atoms with Crippen molar-refractivity contribution in [2.24, 2.45) is 0 Å². The summed E-state index contributed by atoms with van der Waals surface area (Å²) in [5.41, 5.74) is 0.623. The number of halogens is 1. The van der Waals surface area contributed by atoms with E-state index in [0.29, 0.717) is 24.5 Å². The number of furan rings is 1. The number of hydrogen-bond acceptors (Lipinski definition) is 4. The number of rotatable bonds is 2. The van der Waals surface area contributed by atoms with E-state index in [-0.39, 0.29) is 18.2 Å². The number of aryl methyl sites for hydroxylation is 2. The average molecular weight is 358 g/mol. The Hall–Kier alpha value is -0.850. The summed E-state index contributed by atoms with van der Waals surface area (Å²) >= 11 is 3.47. The second-order valence-corrected chi connectivity index (χ2v) is 6.37. The molecule has 0 spiro atoms. The third-order valence-electron chi connectivity index (χ3n) is 4.17. The lowest BCUT2D eigenvalue weighted by molar-refractivity contribution is -0.100. The molecule has 2 saturated heterocycles. The molecule has 2 fully saturated rings. The second-order valence-electron chi connectivity index (χ2n) is 5.58. The van der Waals surface area contributed by atoms with Crippen LogP contribution in [0, 0.1) is 13.8 Å². The first-order valence-electron chi connectivity index (χ1n) is 7.39. The molecule has 0 bridgehead atoms. The third kappa shape index (κ3) is 2.76. The number of carbonyl (C=O) groups is 1. The van der Waals surface area contributed by atoms with E-state index in [1.54, 1.807) is 0 Å². The van der Waals surface area contributed by atoms with E-state index in [4.69, 9.17) is 13.9 Å². The van der Waals surface area contributed by atoms with Crippen molar-refractivity contribution < 1.29 is 18.7 Å². The molecule has 0 N–H and O–H groups in total. The molecule has 3 rings (SSSR count). The number of likely N-dealkylation sites (tertiary alicyclic amines) is 1. The van der Waals surface area contributed by atoms with Crippen molar-refractivity contribution in [3.05, 3.63) is 21.6 Å². The minimum atomic E-state index is -0.290. The minimum Gasteiger partial charge on any atom is -0.465 e. The summed E-state index contributed by atoms with van der Waals surface area (Å²) in [6, 6.07) is -0.00439. The molecule has 2 aliphatic heterocycles. The lowest BCUT2D eigenvalue weighted by Crippen LogP contribution is -2.50. The summed E-state index contributed by atoms with van der Waals surface area (Å²) in [6.07, 6.45) is 2.75. The zero-order chi connectivity index (χ0) is 15.0. The molecule has 1 unspecified atom stereocenters. The minimum absolute atomic E-state index is 0.0000231. The summed E-state index contributed by atoms with van der Waals surface area (Å²) < 4.78 is 17.6. The zero-order valence-corrected chi connectivity index (χ0v) is 13.9. The SMILES string of the molecule is Cc1oc(C)c(C(=O)N2CCCCC2C2OCCO2)c1Br. The van der Waals surface area contributed by atoms with Crippen LogP contribution < -0.4 is 0 Å². The maximum atomic E-state index is 12.9. The lowest BCUT2D eigenvalue weighted by Gasteiger charge is -2.38. The number of piperidine rings is 1. The lowest BCUT2D eigenvalue weighted by atomic mass is 10.00. The van der Waals surface area contributed by atoms with Gasteiger partial charge in [-0.3, -0.25) is 4.79 Å². The molecule has 21 heavy (non-hydrogen) atoms. The van der Waals surface area contributed by atoms with Crippen LogP contribution in [0.3, 0.4) is 0 Å². The van der Waals surface area contributed by atoms with Gasteiger partial charge in [-0.15, -0.1) is 0 Å². The van der Waals surface area contributed by atoms with Gasteiger partial charge in [-0.2, -0.15) is 0 Å². The fourth-order valence-electron chi connectivity index (χ4n) is 3.14. The predicted octanol–water partition coefficient (Wildman–Crippen LogP) is 3.03. The molecule has 1 amide bonds. The molecule has 6 heteroatoms. The molecular formula is C15H20BrNO4. The van der Waals surface area contributed by atoms with Gasteiger partial charge in [0.1, 0.15) is 11.5 Å². The Balaban J connectivity index is 1.87. The molecule has 116 valence electrons. The maximum Gasteiger partial charge on any atom is 0.258 e. The normalized spacial score (nSPS) is 23.8. The summed E-state index contributed by atoms with van der Waals surface area (Å²) in [4.78, 5) is 14.8. The van der Waals surface area contributed by atoms with Crippen molar-refractivity contribution in [1.82, 2.24) is 4.90 Å². The van der Waals surface area contributed by atoms with Crippen LogP contribution in [0.25, 0.3) is 0 Å². The molecule has 5 nitrogen and oxygen atoms in total. The van der Waals surface area contributed by atoms with E-state index in [9.17, 15) is 4.79 Å². The van der Waals surface area contributed by atoms with Crippen molar-refractivity contribution in [2.75, 3.05) is 19.8 Å². The van der Waals surface area contributed by atoms with E-state index in [1.807, 2.05) is 18.7 Å². The standard InChI is InChI=1S/C15H20BrNO4/c1-9-12(13(16)10(2)21-9)14(18)17-6-4-3-5-11(17)15-19-7-8-20-15/h11,15H,3-8H2,1-2H3. The van der Waals surface area contributed by atoms with Crippen LogP contribution in [-0.4, -0.2) is 42.9 Å². The summed E-state index contributed by atoms with van der Waals surface area (Å²) in [5, 5.41) is 0. The highest BCUT2D eigenvalue weighted by atomic mass is 79.9. The molecule has 0 aliphatic carbocycles. The fraction of sp³-hybridized carbons (Fsp3) is 0.667. The molecule has 0 aromatic carbocycles. The largest absolute Gasteiger partial charge is 0.465 e. The molecule has 0 radical (unpaired) electrons. The van der Waals surface area contributed by atoms with Crippen LogP contribution in [0.15, 0.2) is 8.89 Å². The van der Waals surface area contributed by atoms with Crippen LogP contribution in [0.1, 0.15) is 41.1 Å². The van der Waals surface area contributed by atoms with Crippen molar-refractivity contribution >= 4 is 21.8 Å². The highest BCUT2D eigenvalue weighted by molar-refractivity contribution is 9.10. The third-order valence-corrected chi connectivity index (χ3v) is 5.13. The average Bonchev–Trinajstić information content (AvgIpc) is 3.08. The van der Waals surface area contributed by atoms with Crippen molar-refractivity contribution in [3.63, 3.8) is 0 Å². The number of amides is 1. The van der Waals surface area contributed by atoms with Gasteiger partial charge in [-0.25, -0.2) is 0 Å². The number of hydrogen-bond donors (Lipinski definition) is 0. The van der Waals surface area contributed by atoms with E-state index in [2.05, 4.69) is 15.9 Å². The van der Waals surface area contributed by atoms with Gasteiger partial charge in [0.2, 0.25) is 0 Å². The topological polar surface area (TPSA) is 51.9 Å². The summed E-state index contributed by atoms with van der Waals surface area (Å²) in [6.45, 7) is 5.63. The monoisotopic (exact) mass is 357 g/mol. The van der Waals surface area contributed by atoms with E-state index in [0.717, 1.165) is 36.0 Å². The number of ether oxygens (including phenoxy) is 2. The van der Waals surface area contributed by atoms with Gasteiger partial charge in [0, 0.05) is 6.54 Å². The molecule has 3 heterocycles. The van der Waals surface area contributed by atoms with E-state index in [1.165, 1.54) is 0 Å². The van der Waals surface area contributed by atoms with Gasteiger partial charge in [0.15, 0.2) is 6.29 Å². The Kier molecular flexibility index (Phi) is 4.38. The highest BCUT2D eigenvalue weighted by Crippen LogP contribution is 2.32. The quantitative estimate of drug-likeness (QED) is 0.816. The maximum absolute atomic E-state index is 12.9. The molecular weight excluding hydrogens is 338 g/mol. The van der Waals surface area contributed by atoms with Crippen LogP contribution in [-0.2, 0) is 9.47 Å². The molecule has 0 saturated carbocycles. The fourth-order valence-corrected chi connectivity index (χ4v) is 3.67. The van der Waals surface area contributed by atoms with Gasteiger partial charge < -0.3 is 18.8 Å². The molecule has 1 aromatic heterocycles. The second kappa shape index (κ2) is 6.10. The Labute approximate surface area is 132 Å². The van der Waals surface area contributed by atoms with Crippen molar-refractivity contribution in [3.8, 4) is 0 Å². The molecule has 1 aromatic rings. The first kappa shape index (κ1) is 15.1. The first-order valence-corrected chi connectivity index (χ1v) is 8.18. The van der Waals surface area contributed by atoms with E-state index >= 15 is 0 Å². The van der Waals surface area contributed by atoms with Crippen molar-refractivity contribution in [2.45, 2.75) is 45.4 Å². The smallest absolute Gasteiger partial charge is 0.258 e. The molecule has 1 atom stereocenters. The zero-order valence-electron chi connectivity index (χ0n) is 12.4. The highest BCUT2D eigenvalue weighted by Gasteiger charge is 2.38. The van der Waals surface area contributed by atoms with E-state index < -0.39 is 0 Å². The van der Waals surface area contributed by atoms with Gasteiger partial charge in [-0.05, 0) is 49.0 Å². The van der Waals surface area contributed by atoms with Gasteiger partial charge in [0.05, 0.1) is 29.3 Å². The van der Waals surface area contributed by atoms with Crippen LogP contribution in [0.5, 0.6) is 0 Å². The van der Waals surface area contributed by atoms with Gasteiger partial charge in [-0.1, -0.05) is 0 Å².